The fraction of sp³-hybridized carbons (Fsp3) is 0.125. The molecule has 0 spiro atoms. The number of nitro groups is 1. The summed E-state index contributed by atoms with van der Waals surface area (Å²) in [7, 11) is 0. The van der Waals surface area contributed by atoms with Gasteiger partial charge in [0, 0.05) is 6.07 Å². The molecule has 0 unspecified atom stereocenters. The van der Waals surface area contributed by atoms with Gasteiger partial charge in [-0.2, -0.15) is 4.98 Å². The first-order valence-corrected chi connectivity index (χ1v) is 4.07. The van der Waals surface area contributed by atoms with E-state index in [1.807, 2.05) is 0 Å². The van der Waals surface area contributed by atoms with Crippen LogP contribution in [0.3, 0.4) is 0 Å². The summed E-state index contributed by atoms with van der Waals surface area (Å²) in [5.41, 5.74) is -0.212. The molecule has 14 heavy (non-hydrogen) atoms. The quantitative estimate of drug-likeness (QED) is 0.334. The molecule has 0 aliphatic rings. The molecular formula is C8H7ClN2O3. The first-order valence-electron chi connectivity index (χ1n) is 3.69. The number of pyridine rings is 1. The van der Waals surface area contributed by atoms with E-state index in [0.29, 0.717) is 0 Å². The molecule has 5 nitrogen and oxygen atoms in total. The van der Waals surface area contributed by atoms with E-state index in [1.54, 1.807) is 0 Å². The van der Waals surface area contributed by atoms with E-state index in [4.69, 9.17) is 16.3 Å². The minimum atomic E-state index is -0.582. The first kappa shape index (κ1) is 10.5. The van der Waals surface area contributed by atoms with Crippen LogP contribution in [0, 0.1) is 10.1 Å². The normalized spacial score (nSPS) is 9.50. The highest BCUT2D eigenvalue weighted by Gasteiger charge is 2.16. The van der Waals surface area contributed by atoms with Crippen molar-refractivity contribution in [2.24, 2.45) is 0 Å². The summed E-state index contributed by atoms with van der Waals surface area (Å²) in [6, 6.07) is 2.58. The molecule has 1 aromatic rings. The SMILES string of the molecule is C=CCOc1nc(Cl)ccc1[N+](=O)[O-]. The van der Waals surface area contributed by atoms with Gasteiger partial charge in [0.25, 0.3) is 5.88 Å². The lowest BCUT2D eigenvalue weighted by Gasteiger charge is -2.02. The summed E-state index contributed by atoms with van der Waals surface area (Å²) in [5, 5.41) is 10.7. The molecule has 0 bridgehead atoms. The molecule has 0 aromatic carbocycles. The Labute approximate surface area is 85.1 Å². The topological polar surface area (TPSA) is 65.3 Å². The number of ether oxygens (including phenoxy) is 1. The highest BCUT2D eigenvalue weighted by molar-refractivity contribution is 6.29. The molecule has 1 rings (SSSR count). The fourth-order valence-corrected chi connectivity index (χ4v) is 0.933. The van der Waals surface area contributed by atoms with E-state index in [-0.39, 0.29) is 23.3 Å². The fourth-order valence-electron chi connectivity index (χ4n) is 0.794. The van der Waals surface area contributed by atoms with Crippen molar-refractivity contribution in [2.45, 2.75) is 0 Å². The maximum Gasteiger partial charge on any atom is 0.331 e. The van der Waals surface area contributed by atoms with Crippen LogP contribution in [0.1, 0.15) is 0 Å². The van der Waals surface area contributed by atoms with Gasteiger partial charge in [-0.3, -0.25) is 10.1 Å². The van der Waals surface area contributed by atoms with Gasteiger partial charge in [0.1, 0.15) is 11.8 Å². The predicted octanol–water partition coefficient (Wildman–Crippen LogP) is 2.21. The third kappa shape index (κ3) is 2.43. The van der Waals surface area contributed by atoms with Crippen LogP contribution in [0.2, 0.25) is 5.15 Å². The van der Waals surface area contributed by atoms with Crippen LogP contribution in [0.25, 0.3) is 0 Å². The molecule has 0 atom stereocenters. The van der Waals surface area contributed by atoms with Gasteiger partial charge in [0.05, 0.1) is 4.92 Å². The van der Waals surface area contributed by atoms with Crippen LogP contribution in [-0.4, -0.2) is 16.5 Å². The minimum absolute atomic E-state index is 0.0950. The van der Waals surface area contributed by atoms with E-state index >= 15 is 0 Å². The van der Waals surface area contributed by atoms with Crippen molar-refractivity contribution in [1.82, 2.24) is 4.98 Å². The van der Waals surface area contributed by atoms with E-state index < -0.39 is 4.92 Å². The Kier molecular flexibility index (Phi) is 3.41. The number of halogens is 1. The van der Waals surface area contributed by atoms with Crippen LogP contribution in [0.15, 0.2) is 24.8 Å². The van der Waals surface area contributed by atoms with Crippen molar-refractivity contribution in [3.8, 4) is 5.88 Å². The Bertz CT molecular complexity index is 368. The molecule has 0 amide bonds. The average Bonchev–Trinajstić information content (AvgIpc) is 2.14. The van der Waals surface area contributed by atoms with E-state index in [2.05, 4.69) is 11.6 Å². The summed E-state index contributed by atoms with van der Waals surface area (Å²) in [5.74, 6) is -0.0950. The maximum atomic E-state index is 10.5. The molecule has 0 aliphatic carbocycles. The van der Waals surface area contributed by atoms with E-state index in [1.165, 1.54) is 18.2 Å². The van der Waals surface area contributed by atoms with Crippen LogP contribution < -0.4 is 4.74 Å². The van der Waals surface area contributed by atoms with Crippen molar-refractivity contribution in [3.05, 3.63) is 40.1 Å². The van der Waals surface area contributed by atoms with E-state index in [0.717, 1.165) is 0 Å². The van der Waals surface area contributed by atoms with Gasteiger partial charge in [-0.25, -0.2) is 0 Å². The van der Waals surface area contributed by atoms with Gasteiger partial charge in [-0.15, -0.1) is 0 Å². The number of nitrogens with zero attached hydrogens (tertiary/aromatic N) is 2. The van der Waals surface area contributed by atoms with Gasteiger partial charge in [0.2, 0.25) is 0 Å². The van der Waals surface area contributed by atoms with E-state index in [9.17, 15) is 10.1 Å². The molecule has 0 saturated heterocycles. The van der Waals surface area contributed by atoms with Crippen molar-refractivity contribution < 1.29 is 9.66 Å². The van der Waals surface area contributed by atoms with Crippen molar-refractivity contribution in [2.75, 3.05) is 6.61 Å². The highest BCUT2D eigenvalue weighted by atomic mass is 35.5. The smallest absolute Gasteiger partial charge is 0.331 e. The maximum absolute atomic E-state index is 10.5. The summed E-state index contributed by atoms with van der Waals surface area (Å²) >= 11 is 5.56. The average molecular weight is 215 g/mol. The van der Waals surface area contributed by atoms with Gasteiger partial charge in [-0.05, 0) is 6.07 Å². The Hall–Kier alpha value is -1.62. The standard InChI is InChI=1S/C8H7ClN2O3/c1-2-5-14-8-6(11(12)13)3-4-7(9)10-8/h2-4H,1,5H2. The van der Waals surface area contributed by atoms with Crippen LogP contribution in [0.4, 0.5) is 5.69 Å². The van der Waals surface area contributed by atoms with Crippen LogP contribution in [-0.2, 0) is 0 Å². The summed E-state index contributed by atoms with van der Waals surface area (Å²) in [4.78, 5) is 13.6. The Balaban J connectivity index is 3.02. The first-order chi connectivity index (χ1) is 6.65. The lowest BCUT2D eigenvalue weighted by molar-refractivity contribution is -0.386. The van der Waals surface area contributed by atoms with Gasteiger partial charge >= 0.3 is 5.69 Å². The monoisotopic (exact) mass is 214 g/mol. The second-order valence-corrected chi connectivity index (χ2v) is 2.70. The molecule has 74 valence electrons. The van der Waals surface area contributed by atoms with Crippen LogP contribution in [0.5, 0.6) is 5.88 Å². The molecule has 6 heteroatoms. The lowest BCUT2D eigenvalue weighted by atomic mass is 10.4. The second-order valence-electron chi connectivity index (χ2n) is 2.32. The van der Waals surface area contributed by atoms with Crippen molar-refractivity contribution in [1.29, 1.82) is 0 Å². The molecule has 0 fully saturated rings. The number of hydrogen-bond donors (Lipinski definition) is 0. The summed E-state index contributed by atoms with van der Waals surface area (Å²) in [6.07, 6.45) is 1.46. The second kappa shape index (κ2) is 4.57. The van der Waals surface area contributed by atoms with Gasteiger partial charge in [0.15, 0.2) is 0 Å². The molecule has 1 aromatic heterocycles. The molecule has 0 saturated carbocycles. The van der Waals surface area contributed by atoms with Gasteiger partial charge < -0.3 is 4.74 Å². The zero-order valence-electron chi connectivity index (χ0n) is 7.14. The Morgan fingerprint density at radius 2 is 2.43 bits per heavy atom. The molecule has 0 radical (unpaired) electrons. The molecule has 0 N–H and O–H groups in total. The van der Waals surface area contributed by atoms with Crippen LogP contribution >= 0.6 is 11.6 Å². The predicted molar refractivity (Wildman–Crippen MR) is 51.6 cm³/mol. The zero-order valence-corrected chi connectivity index (χ0v) is 7.90. The van der Waals surface area contributed by atoms with Crippen molar-refractivity contribution in [3.63, 3.8) is 0 Å². The Morgan fingerprint density at radius 3 is 3.00 bits per heavy atom. The third-order valence-corrected chi connectivity index (χ3v) is 1.55. The highest BCUT2D eigenvalue weighted by Crippen LogP contribution is 2.25. The summed E-state index contributed by atoms with van der Waals surface area (Å²) < 4.78 is 4.97. The molecule has 1 heterocycles. The van der Waals surface area contributed by atoms with Crippen molar-refractivity contribution >= 4 is 17.3 Å². The lowest BCUT2D eigenvalue weighted by Crippen LogP contribution is -2.00. The largest absolute Gasteiger partial charge is 0.469 e. The Morgan fingerprint density at radius 1 is 1.71 bits per heavy atom. The molecular weight excluding hydrogens is 208 g/mol. The number of hydrogen-bond acceptors (Lipinski definition) is 4. The minimum Gasteiger partial charge on any atom is -0.469 e. The van der Waals surface area contributed by atoms with Gasteiger partial charge in [-0.1, -0.05) is 24.3 Å². The summed E-state index contributed by atoms with van der Waals surface area (Å²) in [6.45, 7) is 3.56. The number of aromatic nitrogens is 1. The molecule has 0 aliphatic heterocycles. The third-order valence-electron chi connectivity index (χ3n) is 1.34. The zero-order chi connectivity index (χ0) is 10.6. The number of rotatable bonds is 4.